The number of benzene rings is 2. The van der Waals surface area contributed by atoms with Gasteiger partial charge in [0.25, 0.3) is 11.8 Å². The maximum Gasteiger partial charge on any atom is 0.278 e. The Labute approximate surface area is 127 Å². The third-order valence-corrected chi connectivity index (χ3v) is 3.52. The molecule has 0 fully saturated rings. The Morgan fingerprint density at radius 1 is 1.05 bits per heavy atom. The van der Waals surface area contributed by atoms with Gasteiger partial charge in [-0.2, -0.15) is 9.78 Å². The Bertz CT molecular complexity index is 863. The monoisotopic (exact) mass is 293 g/mol. The van der Waals surface area contributed by atoms with Gasteiger partial charge in [-0.05, 0) is 25.1 Å². The Kier molecular flexibility index (Phi) is 3.47. The molecular weight excluding hydrogens is 278 g/mol. The molecular formula is C17H15N3O2. The molecule has 110 valence electrons. The quantitative estimate of drug-likeness (QED) is 0.789. The number of carbonyl (C=O) groups is 2. The SMILES string of the molecule is CNC(=O)c1nn(C(=O)c2ccc(C)cc2)c2ccccc12. The molecule has 0 saturated carbocycles. The summed E-state index contributed by atoms with van der Waals surface area (Å²) in [5.74, 6) is -0.571. The average Bonchev–Trinajstić information content (AvgIpc) is 2.94. The molecule has 2 aromatic carbocycles. The molecule has 0 saturated heterocycles. The fourth-order valence-electron chi connectivity index (χ4n) is 2.33. The van der Waals surface area contributed by atoms with Crippen molar-refractivity contribution in [1.82, 2.24) is 15.1 Å². The van der Waals surface area contributed by atoms with Crippen LogP contribution in [-0.4, -0.2) is 28.6 Å². The highest BCUT2D eigenvalue weighted by molar-refractivity contribution is 6.09. The van der Waals surface area contributed by atoms with E-state index in [1.165, 1.54) is 11.7 Å². The smallest absolute Gasteiger partial charge is 0.278 e. The fraction of sp³-hybridized carbons (Fsp3) is 0.118. The van der Waals surface area contributed by atoms with E-state index in [0.29, 0.717) is 16.5 Å². The van der Waals surface area contributed by atoms with E-state index < -0.39 is 0 Å². The van der Waals surface area contributed by atoms with Crippen molar-refractivity contribution in [3.8, 4) is 0 Å². The second kappa shape index (κ2) is 5.44. The zero-order valence-corrected chi connectivity index (χ0v) is 12.3. The van der Waals surface area contributed by atoms with Crippen LogP contribution in [0.3, 0.4) is 0 Å². The summed E-state index contributed by atoms with van der Waals surface area (Å²) in [5.41, 5.74) is 2.47. The van der Waals surface area contributed by atoms with E-state index in [2.05, 4.69) is 10.4 Å². The minimum absolute atomic E-state index is 0.249. The van der Waals surface area contributed by atoms with Gasteiger partial charge < -0.3 is 5.32 Å². The maximum absolute atomic E-state index is 12.7. The summed E-state index contributed by atoms with van der Waals surface area (Å²) in [6.07, 6.45) is 0. The number of nitrogens with one attached hydrogen (secondary N) is 1. The first kappa shape index (κ1) is 14.0. The first-order valence-corrected chi connectivity index (χ1v) is 6.93. The largest absolute Gasteiger partial charge is 0.354 e. The first-order valence-electron chi connectivity index (χ1n) is 6.93. The van der Waals surface area contributed by atoms with Crippen molar-refractivity contribution in [2.24, 2.45) is 0 Å². The lowest BCUT2D eigenvalue weighted by molar-refractivity contribution is 0.0944. The number of nitrogens with zero attached hydrogens (tertiary/aromatic N) is 2. The molecule has 1 heterocycles. The number of aryl methyl sites for hydroxylation is 1. The van der Waals surface area contributed by atoms with Crippen LogP contribution < -0.4 is 5.32 Å². The number of hydrogen-bond acceptors (Lipinski definition) is 3. The molecule has 0 radical (unpaired) electrons. The molecule has 0 bridgehead atoms. The van der Waals surface area contributed by atoms with E-state index >= 15 is 0 Å². The van der Waals surface area contributed by atoms with Gasteiger partial charge in [-0.15, -0.1) is 0 Å². The number of carbonyl (C=O) groups excluding carboxylic acids is 2. The number of fused-ring (bicyclic) bond motifs is 1. The van der Waals surface area contributed by atoms with Crippen LogP contribution in [-0.2, 0) is 0 Å². The molecule has 0 aliphatic heterocycles. The fourth-order valence-corrected chi connectivity index (χ4v) is 2.33. The van der Waals surface area contributed by atoms with Crippen LogP contribution in [0.5, 0.6) is 0 Å². The van der Waals surface area contributed by atoms with Crippen molar-refractivity contribution in [3.05, 3.63) is 65.4 Å². The lowest BCUT2D eigenvalue weighted by Gasteiger charge is -2.02. The van der Waals surface area contributed by atoms with Crippen LogP contribution in [0.2, 0.25) is 0 Å². The van der Waals surface area contributed by atoms with Gasteiger partial charge >= 0.3 is 0 Å². The topological polar surface area (TPSA) is 64.0 Å². The normalized spacial score (nSPS) is 10.6. The van der Waals surface area contributed by atoms with Gasteiger partial charge in [0, 0.05) is 18.0 Å². The molecule has 0 unspecified atom stereocenters. The Hall–Kier alpha value is -2.95. The summed E-state index contributed by atoms with van der Waals surface area (Å²) in [6, 6.07) is 14.5. The lowest BCUT2D eigenvalue weighted by atomic mass is 10.1. The Balaban J connectivity index is 2.16. The molecule has 22 heavy (non-hydrogen) atoms. The van der Waals surface area contributed by atoms with Crippen LogP contribution in [0.4, 0.5) is 0 Å². The van der Waals surface area contributed by atoms with Crippen LogP contribution >= 0.6 is 0 Å². The predicted octanol–water partition coefficient (Wildman–Crippen LogP) is 2.39. The number of amides is 1. The lowest BCUT2D eigenvalue weighted by Crippen LogP contribution is -2.20. The molecule has 5 nitrogen and oxygen atoms in total. The van der Waals surface area contributed by atoms with Gasteiger partial charge in [0.1, 0.15) is 0 Å². The van der Waals surface area contributed by atoms with E-state index in [4.69, 9.17) is 0 Å². The van der Waals surface area contributed by atoms with Crippen LogP contribution in [0, 0.1) is 6.92 Å². The van der Waals surface area contributed by atoms with E-state index in [1.54, 1.807) is 24.3 Å². The van der Waals surface area contributed by atoms with Crippen molar-refractivity contribution in [2.45, 2.75) is 6.92 Å². The van der Waals surface area contributed by atoms with Gasteiger partial charge in [0.2, 0.25) is 0 Å². The summed E-state index contributed by atoms with van der Waals surface area (Å²) in [6.45, 7) is 1.96. The molecule has 1 amide bonds. The van der Waals surface area contributed by atoms with E-state index in [-0.39, 0.29) is 17.5 Å². The molecule has 0 spiro atoms. The van der Waals surface area contributed by atoms with E-state index in [9.17, 15) is 9.59 Å². The van der Waals surface area contributed by atoms with Crippen LogP contribution in [0.25, 0.3) is 10.9 Å². The molecule has 1 aromatic heterocycles. The van der Waals surface area contributed by atoms with Gasteiger partial charge in [0.15, 0.2) is 5.69 Å². The maximum atomic E-state index is 12.7. The predicted molar refractivity (Wildman–Crippen MR) is 84.0 cm³/mol. The minimum atomic E-state index is -0.313. The van der Waals surface area contributed by atoms with Gasteiger partial charge in [-0.25, -0.2) is 0 Å². The summed E-state index contributed by atoms with van der Waals surface area (Å²) >= 11 is 0. The second-order valence-electron chi connectivity index (χ2n) is 5.03. The second-order valence-corrected chi connectivity index (χ2v) is 5.03. The van der Waals surface area contributed by atoms with Gasteiger partial charge in [0.05, 0.1) is 5.52 Å². The average molecular weight is 293 g/mol. The van der Waals surface area contributed by atoms with Crippen molar-refractivity contribution in [3.63, 3.8) is 0 Å². The van der Waals surface area contributed by atoms with Crippen molar-refractivity contribution in [1.29, 1.82) is 0 Å². The van der Waals surface area contributed by atoms with Crippen molar-refractivity contribution in [2.75, 3.05) is 7.05 Å². The van der Waals surface area contributed by atoms with E-state index in [1.807, 2.05) is 31.2 Å². The number of hydrogen-bond donors (Lipinski definition) is 1. The Morgan fingerprint density at radius 2 is 1.73 bits per heavy atom. The molecule has 3 aromatic rings. The number of aromatic nitrogens is 2. The highest BCUT2D eigenvalue weighted by atomic mass is 16.2. The molecule has 5 heteroatoms. The Morgan fingerprint density at radius 3 is 2.41 bits per heavy atom. The van der Waals surface area contributed by atoms with Gasteiger partial charge in [-0.3, -0.25) is 9.59 Å². The van der Waals surface area contributed by atoms with Gasteiger partial charge in [-0.1, -0.05) is 35.9 Å². The first-order chi connectivity index (χ1) is 10.6. The highest BCUT2D eigenvalue weighted by Gasteiger charge is 2.20. The summed E-state index contributed by atoms with van der Waals surface area (Å²) in [7, 11) is 1.54. The summed E-state index contributed by atoms with van der Waals surface area (Å²) in [4.78, 5) is 24.6. The standard InChI is InChI=1S/C17H15N3O2/c1-11-7-9-12(10-8-11)17(22)20-14-6-4-3-5-13(14)15(19-20)16(21)18-2/h3-10H,1-2H3,(H,18,21). The third kappa shape index (κ3) is 2.26. The number of para-hydroxylation sites is 1. The molecule has 1 N–H and O–H groups in total. The summed E-state index contributed by atoms with van der Waals surface area (Å²) in [5, 5.41) is 7.42. The molecule has 3 rings (SSSR count). The molecule has 0 atom stereocenters. The highest BCUT2D eigenvalue weighted by Crippen LogP contribution is 2.19. The minimum Gasteiger partial charge on any atom is -0.354 e. The van der Waals surface area contributed by atoms with E-state index in [0.717, 1.165) is 5.56 Å². The summed E-state index contributed by atoms with van der Waals surface area (Å²) < 4.78 is 1.28. The zero-order valence-electron chi connectivity index (χ0n) is 12.3. The van der Waals surface area contributed by atoms with Crippen LogP contribution in [0.15, 0.2) is 48.5 Å². The number of rotatable bonds is 2. The molecule has 0 aliphatic rings. The molecule has 0 aliphatic carbocycles. The van der Waals surface area contributed by atoms with Crippen LogP contribution in [0.1, 0.15) is 26.4 Å². The zero-order chi connectivity index (χ0) is 15.7. The third-order valence-electron chi connectivity index (χ3n) is 3.52. The van der Waals surface area contributed by atoms with Crippen molar-refractivity contribution >= 4 is 22.7 Å². The van der Waals surface area contributed by atoms with Crippen molar-refractivity contribution < 1.29 is 9.59 Å².